The molecular weight excluding hydrogens is 338 g/mol. The lowest BCUT2D eigenvalue weighted by Gasteiger charge is -2.11. The molecule has 2 heterocycles. The molecule has 1 aromatic carbocycles. The number of anilines is 1. The summed E-state index contributed by atoms with van der Waals surface area (Å²) in [6.07, 6.45) is 8.64. The van der Waals surface area contributed by atoms with Crippen LogP contribution in [0.5, 0.6) is 0 Å². The van der Waals surface area contributed by atoms with Crippen molar-refractivity contribution in [2.24, 2.45) is 5.92 Å². The van der Waals surface area contributed by atoms with Crippen LogP contribution in [-0.2, 0) is 0 Å². The van der Waals surface area contributed by atoms with Gasteiger partial charge in [-0.05, 0) is 32.9 Å². The molecule has 0 spiro atoms. The molecule has 1 N–H and O–H groups in total. The SMILES string of the molecule is CN(C)CCNc1nccn2c(-c3ccc(C(=O)CC4CC4)cc3)cnc12. The number of aromatic nitrogens is 3. The van der Waals surface area contributed by atoms with E-state index in [1.165, 1.54) is 12.8 Å². The summed E-state index contributed by atoms with van der Waals surface area (Å²) in [6, 6.07) is 7.86. The number of imidazole rings is 1. The van der Waals surface area contributed by atoms with Gasteiger partial charge in [-0.15, -0.1) is 0 Å². The molecule has 1 saturated carbocycles. The quantitative estimate of drug-likeness (QED) is 0.622. The van der Waals surface area contributed by atoms with Crippen molar-refractivity contribution in [3.8, 4) is 11.3 Å². The first kappa shape index (κ1) is 17.7. The van der Waals surface area contributed by atoms with E-state index in [1.54, 1.807) is 6.20 Å². The summed E-state index contributed by atoms with van der Waals surface area (Å²) in [5.41, 5.74) is 3.63. The van der Waals surface area contributed by atoms with Crippen LogP contribution in [0.4, 0.5) is 5.82 Å². The fourth-order valence-electron chi connectivity index (χ4n) is 3.18. The topological polar surface area (TPSA) is 62.5 Å². The minimum absolute atomic E-state index is 0.249. The van der Waals surface area contributed by atoms with Gasteiger partial charge in [-0.1, -0.05) is 24.3 Å². The molecule has 0 radical (unpaired) electrons. The third kappa shape index (κ3) is 4.01. The van der Waals surface area contributed by atoms with Crippen LogP contribution in [-0.4, -0.2) is 52.2 Å². The van der Waals surface area contributed by atoms with E-state index in [1.807, 2.05) is 55.2 Å². The number of benzene rings is 1. The molecule has 140 valence electrons. The minimum atomic E-state index is 0.249. The Hall–Kier alpha value is -2.73. The standard InChI is InChI=1S/C21H25N5O/c1-25(2)11-9-22-20-21-24-14-18(26(21)12-10-23-20)16-5-7-17(8-6-16)19(27)13-15-3-4-15/h5-8,10,12,14-15H,3-4,9,11,13H2,1-2H3,(H,22,23). The number of Topliss-reactive ketones (excluding diaryl/α,β-unsaturated/α-hetero) is 1. The van der Waals surface area contributed by atoms with Gasteiger partial charge in [0.15, 0.2) is 17.2 Å². The molecule has 27 heavy (non-hydrogen) atoms. The first-order valence-electron chi connectivity index (χ1n) is 9.46. The van der Waals surface area contributed by atoms with Crippen LogP contribution >= 0.6 is 0 Å². The number of nitrogens with zero attached hydrogens (tertiary/aromatic N) is 4. The van der Waals surface area contributed by atoms with Crippen molar-refractivity contribution in [3.63, 3.8) is 0 Å². The molecule has 1 aliphatic carbocycles. The first-order chi connectivity index (χ1) is 13.1. The second-order valence-corrected chi connectivity index (χ2v) is 7.49. The van der Waals surface area contributed by atoms with Crippen LogP contribution < -0.4 is 5.32 Å². The maximum absolute atomic E-state index is 12.3. The number of nitrogens with one attached hydrogen (secondary N) is 1. The Labute approximate surface area is 159 Å². The molecule has 6 nitrogen and oxygen atoms in total. The van der Waals surface area contributed by atoms with Gasteiger partial charge >= 0.3 is 0 Å². The Kier molecular flexibility index (Phi) is 4.90. The Morgan fingerprint density at radius 1 is 1.22 bits per heavy atom. The predicted octanol–water partition coefficient (Wildman–Crippen LogP) is 3.35. The fraction of sp³-hybridized carbons (Fsp3) is 0.381. The van der Waals surface area contributed by atoms with E-state index < -0.39 is 0 Å². The van der Waals surface area contributed by atoms with Gasteiger partial charge in [0.05, 0.1) is 11.9 Å². The highest BCUT2D eigenvalue weighted by molar-refractivity contribution is 5.96. The van der Waals surface area contributed by atoms with E-state index in [0.29, 0.717) is 12.3 Å². The lowest BCUT2D eigenvalue weighted by atomic mass is 10.0. The number of rotatable bonds is 8. The lowest BCUT2D eigenvalue weighted by molar-refractivity contribution is 0.0976. The van der Waals surface area contributed by atoms with Gasteiger partial charge in [0.1, 0.15) is 0 Å². The van der Waals surface area contributed by atoms with Crippen LogP contribution in [0.3, 0.4) is 0 Å². The van der Waals surface area contributed by atoms with E-state index in [9.17, 15) is 4.79 Å². The third-order valence-electron chi connectivity index (χ3n) is 4.95. The van der Waals surface area contributed by atoms with Crippen molar-refractivity contribution >= 4 is 17.2 Å². The van der Waals surface area contributed by atoms with E-state index in [4.69, 9.17) is 0 Å². The van der Waals surface area contributed by atoms with Crippen LogP contribution in [0.1, 0.15) is 29.6 Å². The van der Waals surface area contributed by atoms with E-state index >= 15 is 0 Å². The smallest absolute Gasteiger partial charge is 0.180 e. The van der Waals surface area contributed by atoms with Crippen molar-refractivity contribution < 1.29 is 4.79 Å². The Bertz CT molecular complexity index is 941. The van der Waals surface area contributed by atoms with Gasteiger partial charge in [0.2, 0.25) is 0 Å². The third-order valence-corrected chi connectivity index (χ3v) is 4.95. The largest absolute Gasteiger partial charge is 0.366 e. The monoisotopic (exact) mass is 363 g/mol. The van der Waals surface area contributed by atoms with Gasteiger partial charge in [0, 0.05) is 43.0 Å². The zero-order valence-electron chi connectivity index (χ0n) is 15.9. The summed E-state index contributed by atoms with van der Waals surface area (Å²) in [5, 5.41) is 3.35. The summed E-state index contributed by atoms with van der Waals surface area (Å²) in [7, 11) is 4.09. The second kappa shape index (κ2) is 7.48. The number of carbonyl (C=O) groups excluding carboxylic acids is 1. The molecule has 3 aromatic rings. The van der Waals surface area contributed by atoms with Crippen LogP contribution in [0.15, 0.2) is 42.9 Å². The highest BCUT2D eigenvalue weighted by Crippen LogP contribution is 2.33. The van der Waals surface area contributed by atoms with E-state index in [-0.39, 0.29) is 5.78 Å². The van der Waals surface area contributed by atoms with E-state index in [0.717, 1.165) is 41.4 Å². The summed E-state index contributed by atoms with van der Waals surface area (Å²) in [6.45, 7) is 1.73. The predicted molar refractivity (Wildman–Crippen MR) is 107 cm³/mol. The van der Waals surface area contributed by atoms with Gasteiger partial charge in [-0.3, -0.25) is 9.20 Å². The molecule has 1 aliphatic rings. The maximum atomic E-state index is 12.3. The van der Waals surface area contributed by atoms with Gasteiger partial charge in [-0.2, -0.15) is 0 Å². The summed E-state index contributed by atoms with van der Waals surface area (Å²) >= 11 is 0. The Morgan fingerprint density at radius 3 is 2.70 bits per heavy atom. The number of hydrogen-bond acceptors (Lipinski definition) is 5. The molecule has 4 rings (SSSR count). The average Bonchev–Trinajstić information content (AvgIpc) is 3.37. The number of hydrogen-bond donors (Lipinski definition) is 1. The van der Waals surface area contributed by atoms with Crippen LogP contribution in [0.25, 0.3) is 16.9 Å². The Balaban J connectivity index is 1.55. The first-order valence-corrected chi connectivity index (χ1v) is 9.46. The molecule has 0 amide bonds. The van der Waals surface area contributed by atoms with Crippen molar-refractivity contribution in [1.82, 2.24) is 19.3 Å². The highest BCUT2D eigenvalue weighted by atomic mass is 16.1. The molecule has 0 saturated heterocycles. The summed E-state index contributed by atoms with van der Waals surface area (Å²) < 4.78 is 2.03. The molecule has 0 bridgehead atoms. The normalized spacial score (nSPS) is 14.0. The number of carbonyl (C=O) groups is 1. The molecule has 2 aromatic heterocycles. The lowest BCUT2D eigenvalue weighted by Crippen LogP contribution is -2.21. The Morgan fingerprint density at radius 2 is 2.00 bits per heavy atom. The molecule has 1 fully saturated rings. The molecule has 0 aliphatic heterocycles. The van der Waals surface area contributed by atoms with Gasteiger partial charge in [-0.25, -0.2) is 9.97 Å². The van der Waals surface area contributed by atoms with Crippen molar-refractivity contribution in [2.45, 2.75) is 19.3 Å². The molecule has 6 heteroatoms. The molecular formula is C21H25N5O. The summed E-state index contributed by atoms with van der Waals surface area (Å²) in [5.74, 6) is 1.64. The highest BCUT2D eigenvalue weighted by Gasteiger charge is 2.24. The molecule has 0 atom stereocenters. The minimum Gasteiger partial charge on any atom is -0.366 e. The van der Waals surface area contributed by atoms with Crippen molar-refractivity contribution in [3.05, 3.63) is 48.4 Å². The number of likely N-dealkylation sites (N-methyl/N-ethyl adjacent to an activating group) is 1. The van der Waals surface area contributed by atoms with Crippen molar-refractivity contribution in [1.29, 1.82) is 0 Å². The zero-order valence-corrected chi connectivity index (χ0v) is 15.9. The summed E-state index contributed by atoms with van der Waals surface area (Å²) in [4.78, 5) is 23.4. The molecule has 0 unspecified atom stereocenters. The van der Waals surface area contributed by atoms with Crippen molar-refractivity contribution in [2.75, 3.05) is 32.5 Å². The van der Waals surface area contributed by atoms with E-state index in [2.05, 4.69) is 20.2 Å². The second-order valence-electron chi connectivity index (χ2n) is 7.49. The zero-order chi connectivity index (χ0) is 18.8. The average molecular weight is 363 g/mol. The van der Waals surface area contributed by atoms with Crippen LogP contribution in [0.2, 0.25) is 0 Å². The van der Waals surface area contributed by atoms with Gasteiger partial charge < -0.3 is 10.2 Å². The maximum Gasteiger partial charge on any atom is 0.180 e. The van der Waals surface area contributed by atoms with Crippen LogP contribution in [0, 0.1) is 5.92 Å². The number of ketones is 1. The van der Waals surface area contributed by atoms with Gasteiger partial charge in [0.25, 0.3) is 0 Å². The fourth-order valence-corrected chi connectivity index (χ4v) is 3.18. The number of fused-ring (bicyclic) bond motifs is 1.